The molecule has 0 spiro atoms. The van der Waals surface area contributed by atoms with Crippen molar-refractivity contribution in [3.63, 3.8) is 0 Å². The van der Waals surface area contributed by atoms with Crippen LogP contribution in [0.4, 0.5) is 0 Å². The highest BCUT2D eigenvalue weighted by molar-refractivity contribution is 6.33. The molecular formula is C12H5BClNO2. The van der Waals surface area contributed by atoms with E-state index in [1.54, 1.807) is 30.3 Å². The first-order valence-electron chi connectivity index (χ1n) is 4.94. The van der Waals surface area contributed by atoms with E-state index in [4.69, 9.17) is 23.9 Å². The fourth-order valence-corrected chi connectivity index (χ4v) is 1.88. The highest BCUT2D eigenvalue weighted by Crippen LogP contribution is 2.17. The van der Waals surface area contributed by atoms with Gasteiger partial charge in [-0.25, -0.2) is 4.98 Å². The molecule has 80 valence electrons. The molecule has 2 radical (unpaired) electrons. The van der Waals surface area contributed by atoms with Crippen LogP contribution in [-0.4, -0.2) is 12.8 Å². The van der Waals surface area contributed by atoms with Crippen LogP contribution in [-0.2, 0) is 0 Å². The van der Waals surface area contributed by atoms with Gasteiger partial charge in [-0.3, -0.25) is 4.79 Å². The van der Waals surface area contributed by atoms with E-state index < -0.39 is 0 Å². The fourth-order valence-electron chi connectivity index (χ4n) is 1.73. The van der Waals surface area contributed by atoms with Gasteiger partial charge in [0.2, 0.25) is 5.43 Å². The van der Waals surface area contributed by atoms with Gasteiger partial charge in [0.15, 0.2) is 11.1 Å². The first-order valence-corrected chi connectivity index (χ1v) is 5.31. The van der Waals surface area contributed by atoms with Crippen LogP contribution in [0.5, 0.6) is 0 Å². The Hall–Kier alpha value is -1.81. The summed E-state index contributed by atoms with van der Waals surface area (Å²) in [5.74, 6) is 0. The van der Waals surface area contributed by atoms with Gasteiger partial charge in [-0.05, 0) is 18.2 Å². The van der Waals surface area contributed by atoms with Crippen LogP contribution in [0, 0.1) is 0 Å². The number of halogens is 1. The Labute approximate surface area is 102 Å². The van der Waals surface area contributed by atoms with E-state index in [-0.39, 0.29) is 16.1 Å². The monoisotopic (exact) mass is 241 g/mol. The summed E-state index contributed by atoms with van der Waals surface area (Å²) in [4.78, 5) is 16.1. The second-order valence-electron chi connectivity index (χ2n) is 3.67. The van der Waals surface area contributed by atoms with Crippen LogP contribution in [0.1, 0.15) is 0 Å². The molecule has 0 atom stereocenters. The smallest absolute Gasteiger partial charge is 0.218 e. The Balaban J connectivity index is 2.58. The van der Waals surface area contributed by atoms with Crippen molar-refractivity contribution >= 4 is 47.0 Å². The Bertz CT molecular complexity index is 734. The summed E-state index contributed by atoms with van der Waals surface area (Å²) in [6.07, 6.45) is 0. The Kier molecular flexibility index (Phi) is 2.19. The Morgan fingerprint density at radius 1 is 1.18 bits per heavy atom. The summed E-state index contributed by atoms with van der Waals surface area (Å²) in [6.45, 7) is 0. The second-order valence-corrected chi connectivity index (χ2v) is 4.05. The maximum Gasteiger partial charge on any atom is 0.218 e. The van der Waals surface area contributed by atoms with E-state index in [9.17, 15) is 4.79 Å². The van der Waals surface area contributed by atoms with Crippen LogP contribution in [0.3, 0.4) is 0 Å². The minimum atomic E-state index is -0.226. The molecule has 0 aliphatic rings. The number of fused-ring (bicyclic) bond motifs is 2. The van der Waals surface area contributed by atoms with E-state index >= 15 is 0 Å². The van der Waals surface area contributed by atoms with Gasteiger partial charge in [0.05, 0.1) is 5.39 Å². The molecule has 3 rings (SSSR count). The molecule has 17 heavy (non-hydrogen) atoms. The molecule has 0 saturated carbocycles. The predicted octanol–water partition coefficient (Wildman–Crippen LogP) is 1.79. The van der Waals surface area contributed by atoms with Crippen molar-refractivity contribution < 1.29 is 4.42 Å². The van der Waals surface area contributed by atoms with Gasteiger partial charge in [-0.15, -0.1) is 0 Å². The zero-order chi connectivity index (χ0) is 12.0. The van der Waals surface area contributed by atoms with Gasteiger partial charge in [-0.1, -0.05) is 29.2 Å². The number of benzene rings is 1. The lowest BCUT2D eigenvalue weighted by Crippen LogP contribution is -2.08. The Morgan fingerprint density at radius 3 is 2.76 bits per heavy atom. The van der Waals surface area contributed by atoms with Gasteiger partial charge >= 0.3 is 0 Å². The summed E-state index contributed by atoms with van der Waals surface area (Å²) in [6, 6.07) is 8.13. The molecule has 0 bridgehead atoms. The number of pyridine rings is 1. The minimum Gasteiger partial charge on any atom is -0.454 e. The molecule has 3 aromatic rings. The van der Waals surface area contributed by atoms with Crippen LogP contribution in [0.15, 0.2) is 39.5 Å². The lowest BCUT2D eigenvalue weighted by molar-refractivity contribution is 0.658. The maximum absolute atomic E-state index is 12.2. The third kappa shape index (κ3) is 1.61. The summed E-state index contributed by atoms with van der Waals surface area (Å²) in [5.41, 5.74) is 1.40. The standard InChI is InChI=1S/C12H5BClNO2/c13-6-1-2-8-7(5-6)12(16)11-9(17-8)3-4-10(14)15-11/h1-5H. The molecule has 0 amide bonds. The molecule has 0 fully saturated rings. The molecule has 0 aliphatic heterocycles. The first-order chi connectivity index (χ1) is 8.15. The minimum absolute atomic E-state index is 0.218. The molecule has 5 heteroatoms. The van der Waals surface area contributed by atoms with E-state index in [2.05, 4.69) is 4.98 Å². The third-order valence-electron chi connectivity index (χ3n) is 2.51. The van der Waals surface area contributed by atoms with Gasteiger partial charge in [0, 0.05) is 0 Å². The zero-order valence-electron chi connectivity index (χ0n) is 8.61. The molecule has 2 aromatic heterocycles. The van der Waals surface area contributed by atoms with Crippen molar-refractivity contribution in [1.29, 1.82) is 0 Å². The molecule has 0 unspecified atom stereocenters. The van der Waals surface area contributed by atoms with Crippen molar-refractivity contribution in [1.82, 2.24) is 4.98 Å². The number of hydrogen-bond donors (Lipinski definition) is 0. The summed E-state index contributed by atoms with van der Waals surface area (Å²) in [5, 5.41) is 0.667. The maximum atomic E-state index is 12.2. The van der Waals surface area contributed by atoms with Crippen LogP contribution < -0.4 is 10.9 Å². The van der Waals surface area contributed by atoms with E-state index in [0.717, 1.165) is 0 Å². The molecule has 0 aliphatic carbocycles. The molecule has 1 aromatic carbocycles. The van der Waals surface area contributed by atoms with Crippen molar-refractivity contribution in [3.8, 4) is 0 Å². The van der Waals surface area contributed by atoms with Crippen LogP contribution >= 0.6 is 11.6 Å². The summed E-state index contributed by atoms with van der Waals surface area (Å²) < 4.78 is 5.56. The van der Waals surface area contributed by atoms with Gasteiger partial charge < -0.3 is 4.42 Å². The highest BCUT2D eigenvalue weighted by atomic mass is 35.5. The average molecular weight is 241 g/mol. The summed E-state index contributed by atoms with van der Waals surface area (Å²) in [7, 11) is 5.64. The van der Waals surface area contributed by atoms with E-state index in [1.165, 1.54) is 0 Å². The molecular weight excluding hydrogens is 236 g/mol. The SMILES string of the molecule is [B]c1ccc2oc3ccc(Cl)nc3c(=O)c2c1. The van der Waals surface area contributed by atoms with Gasteiger partial charge in [0.25, 0.3) is 0 Å². The average Bonchev–Trinajstić information content (AvgIpc) is 2.32. The third-order valence-corrected chi connectivity index (χ3v) is 2.72. The van der Waals surface area contributed by atoms with Crippen LogP contribution in [0.25, 0.3) is 22.1 Å². The predicted molar refractivity (Wildman–Crippen MR) is 68.2 cm³/mol. The quantitative estimate of drug-likeness (QED) is 0.342. The van der Waals surface area contributed by atoms with Crippen molar-refractivity contribution in [2.45, 2.75) is 0 Å². The van der Waals surface area contributed by atoms with Crippen molar-refractivity contribution in [3.05, 3.63) is 45.7 Å². The van der Waals surface area contributed by atoms with Crippen molar-refractivity contribution in [2.24, 2.45) is 0 Å². The normalized spacial score (nSPS) is 11.1. The molecule has 0 N–H and O–H groups in total. The number of nitrogens with zero attached hydrogens (tertiary/aromatic N) is 1. The number of aromatic nitrogens is 1. The number of hydrogen-bond acceptors (Lipinski definition) is 3. The van der Waals surface area contributed by atoms with E-state index in [1.807, 2.05) is 0 Å². The topological polar surface area (TPSA) is 43.1 Å². The highest BCUT2D eigenvalue weighted by Gasteiger charge is 2.09. The second kappa shape index (κ2) is 3.60. The molecule has 2 heterocycles. The lowest BCUT2D eigenvalue weighted by Gasteiger charge is -2.01. The largest absolute Gasteiger partial charge is 0.454 e. The summed E-state index contributed by atoms with van der Waals surface area (Å²) >= 11 is 5.76. The number of rotatable bonds is 0. The first kappa shape index (κ1) is 10.4. The van der Waals surface area contributed by atoms with Gasteiger partial charge in [-0.2, -0.15) is 0 Å². The van der Waals surface area contributed by atoms with Crippen LogP contribution in [0.2, 0.25) is 5.15 Å². The fraction of sp³-hybridized carbons (Fsp3) is 0. The van der Waals surface area contributed by atoms with Gasteiger partial charge in [0.1, 0.15) is 18.6 Å². The molecule has 3 nitrogen and oxygen atoms in total. The Morgan fingerprint density at radius 2 is 1.94 bits per heavy atom. The zero-order valence-corrected chi connectivity index (χ0v) is 9.36. The molecule has 0 saturated heterocycles. The van der Waals surface area contributed by atoms with E-state index in [0.29, 0.717) is 22.0 Å². The van der Waals surface area contributed by atoms with Crippen molar-refractivity contribution in [2.75, 3.05) is 0 Å². The lowest BCUT2D eigenvalue weighted by atomic mass is 9.95.